The Bertz CT molecular complexity index is 565. The minimum Gasteiger partial charge on any atom is -0.326 e. The first-order chi connectivity index (χ1) is 10.7. The molecule has 1 fully saturated rings. The van der Waals surface area contributed by atoms with Gasteiger partial charge in [-0.05, 0) is 26.3 Å². The van der Waals surface area contributed by atoms with Crippen molar-refractivity contribution in [1.82, 2.24) is 10.0 Å². The number of nitrogens with zero attached hydrogens (tertiary/aromatic N) is 2. The van der Waals surface area contributed by atoms with Crippen molar-refractivity contribution in [3.63, 3.8) is 0 Å². The summed E-state index contributed by atoms with van der Waals surface area (Å²) in [5.41, 5.74) is 6.79. The number of hydrogen-bond donors (Lipinski definition) is 1. The van der Waals surface area contributed by atoms with Crippen molar-refractivity contribution in [2.45, 2.75) is 58.2 Å². The van der Waals surface area contributed by atoms with E-state index >= 15 is 0 Å². The van der Waals surface area contributed by atoms with Gasteiger partial charge < -0.3 is 5.73 Å². The van der Waals surface area contributed by atoms with E-state index in [1.165, 1.54) is 0 Å². The van der Waals surface area contributed by atoms with E-state index in [0.29, 0.717) is 19.4 Å². The van der Waals surface area contributed by atoms with Crippen molar-refractivity contribution in [2.24, 2.45) is 5.73 Å². The van der Waals surface area contributed by atoms with E-state index in [2.05, 4.69) is 0 Å². The van der Waals surface area contributed by atoms with Crippen LogP contribution in [0.2, 0.25) is 0 Å². The quantitative estimate of drug-likeness (QED) is 0.909. The van der Waals surface area contributed by atoms with Gasteiger partial charge in [-0.15, -0.1) is 0 Å². The third-order valence-electron chi connectivity index (χ3n) is 4.07. The number of hydrogen-bond acceptors (Lipinski definition) is 4. The van der Waals surface area contributed by atoms with Crippen molar-refractivity contribution in [2.75, 3.05) is 6.54 Å². The van der Waals surface area contributed by atoms with Crippen molar-refractivity contribution in [1.29, 1.82) is 0 Å². The standard InChI is InChI=1S/C18H27N3O2/c1-13(22)21(18(2,3)4)20-12-15(19)10-16(23)11-17(20)14-8-6-5-7-9-14/h5-9,15,17H,10-12,19H2,1-4H3. The molecule has 1 heterocycles. The predicted molar refractivity (Wildman–Crippen MR) is 90.4 cm³/mol. The Balaban J connectivity index is 2.48. The molecule has 5 heteroatoms. The highest BCUT2D eigenvalue weighted by atomic mass is 16.2. The van der Waals surface area contributed by atoms with E-state index in [-0.39, 0.29) is 29.3 Å². The van der Waals surface area contributed by atoms with Crippen LogP contribution in [0.5, 0.6) is 0 Å². The monoisotopic (exact) mass is 317 g/mol. The first-order valence-electron chi connectivity index (χ1n) is 8.09. The molecule has 0 spiro atoms. The van der Waals surface area contributed by atoms with Gasteiger partial charge in [0, 0.05) is 32.4 Å². The van der Waals surface area contributed by atoms with Crippen molar-refractivity contribution < 1.29 is 9.59 Å². The molecular weight excluding hydrogens is 290 g/mol. The fourth-order valence-electron chi connectivity index (χ4n) is 3.35. The number of carbonyl (C=O) groups is 2. The SMILES string of the molecule is CC(=O)N(N1CC(N)CC(=O)CC1c1ccccc1)C(C)(C)C. The van der Waals surface area contributed by atoms with Crippen molar-refractivity contribution in [3.8, 4) is 0 Å². The maximum atomic E-state index is 12.3. The number of carbonyl (C=O) groups excluding carboxylic acids is 2. The fraction of sp³-hybridized carbons (Fsp3) is 0.556. The van der Waals surface area contributed by atoms with Gasteiger partial charge in [-0.1, -0.05) is 30.3 Å². The summed E-state index contributed by atoms with van der Waals surface area (Å²) >= 11 is 0. The lowest BCUT2D eigenvalue weighted by atomic mass is 10.00. The summed E-state index contributed by atoms with van der Waals surface area (Å²) in [6.07, 6.45) is 0.729. The molecule has 2 rings (SSSR count). The molecule has 0 radical (unpaired) electrons. The van der Waals surface area contributed by atoms with Gasteiger partial charge in [-0.2, -0.15) is 0 Å². The van der Waals surface area contributed by atoms with E-state index in [1.54, 1.807) is 11.9 Å². The number of Topliss-reactive ketones (excluding diaryl/α,β-unsaturated/α-hetero) is 1. The van der Waals surface area contributed by atoms with Crippen molar-refractivity contribution >= 4 is 11.7 Å². The van der Waals surface area contributed by atoms with Crippen LogP contribution in [0.4, 0.5) is 0 Å². The average Bonchev–Trinajstić information content (AvgIpc) is 2.56. The molecule has 1 aliphatic heterocycles. The average molecular weight is 317 g/mol. The van der Waals surface area contributed by atoms with E-state index in [9.17, 15) is 9.59 Å². The van der Waals surface area contributed by atoms with Gasteiger partial charge in [0.05, 0.1) is 11.6 Å². The van der Waals surface area contributed by atoms with Gasteiger partial charge in [0.15, 0.2) is 0 Å². The maximum Gasteiger partial charge on any atom is 0.234 e. The minimum atomic E-state index is -0.383. The number of benzene rings is 1. The lowest BCUT2D eigenvalue weighted by Crippen LogP contribution is -2.58. The van der Waals surface area contributed by atoms with Crippen LogP contribution in [0.15, 0.2) is 30.3 Å². The number of amides is 1. The molecule has 0 saturated carbocycles. The Morgan fingerprint density at radius 2 is 1.83 bits per heavy atom. The van der Waals surface area contributed by atoms with Gasteiger partial charge in [0.25, 0.3) is 0 Å². The Morgan fingerprint density at radius 3 is 2.35 bits per heavy atom. The van der Waals surface area contributed by atoms with Crippen LogP contribution in [-0.2, 0) is 9.59 Å². The molecule has 1 aromatic carbocycles. The molecule has 5 nitrogen and oxygen atoms in total. The van der Waals surface area contributed by atoms with E-state index < -0.39 is 0 Å². The molecule has 0 aromatic heterocycles. The fourth-order valence-corrected chi connectivity index (χ4v) is 3.35. The summed E-state index contributed by atoms with van der Waals surface area (Å²) in [7, 11) is 0. The molecular formula is C18H27N3O2. The predicted octanol–water partition coefficient (Wildman–Crippen LogP) is 2.28. The van der Waals surface area contributed by atoms with E-state index in [1.807, 2.05) is 56.1 Å². The Labute approximate surface area is 138 Å². The summed E-state index contributed by atoms with van der Waals surface area (Å²) in [4.78, 5) is 24.6. The molecule has 23 heavy (non-hydrogen) atoms. The highest BCUT2D eigenvalue weighted by Crippen LogP contribution is 2.32. The number of rotatable bonds is 2. The van der Waals surface area contributed by atoms with Crippen LogP contribution in [0, 0.1) is 0 Å². The molecule has 2 atom stereocenters. The highest BCUT2D eigenvalue weighted by molar-refractivity contribution is 5.80. The zero-order chi connectivity index (χ0) is 17.2. The topological polar surface area (TPSA) is 66.6 Å². The minimum absolute atomic E-state index is 0.0417. The molecule has 2 N–H and O–H groups in total. The first-order valence-corrected chi connectivity index (χ1v) is 8.09. The van der Waals surface area contributed by atoms with E-state index in [4.69, 9.17) is 5.73 Å². The smallest absolute Gasteiger partial charge is 0.234 e. The van der Waals surface area contributed by atoms with Crippen LogP contribution in [0.1, 0.15) is 52.1 Å². The third-order valence-corrected chi connectivity index (χ3v) is 4.07. The van der Waals surface area contributed by atoms with Crippen LogP contribution in [-0.4, -0.2) is 39.8 Å². The maximum absolute atomic E-state index is 12.3. The van der Waals surface area contributed by atoms with Gasteiger partial charge in [-0.25, -0.2) is 5.01 Å². The van der Waals surface area contributed by atoms with E-state index in [0.717, 1.165) is 5.56 Å². The molecule has 0 bridgehead atoms. The molecule has 1 aromatic rings. The van der Waals surface area contributed by atoms with Gasteiger partial charge >= 0.3 is 0 Å². The molecule has 126 valence electrons. The van der Waals surface area contributed by atoms with Crippen LogP contribution in [0.25, 0.3) is 0 Å². The summed E-state index contributed by atoms with van der Waals surface area (Å²) in [5.74, 6) is 0.103. The summed E-state index contributed by atoms with van der Waals surface area (Å²) in [6, 6.07) is 9.44. The highest BCUT2D eigenvalue weighted by Gasteiger charge is 2.38. The second-order valence-electron chi connectivity index (χ2n) is 7.26. The Morgan fingerprint density at radius 1 is 1.22 bits per heavy atom. The number of nitrogens with two attached hydrogens (primary N) is 1. The Hall–Kier alpha value is -1.72. The second-order valence-corrected chi connectivity index (χ2v) is 7.26. The lowest BCUT2D eigenvalue weighted by Gasteiger charge is -2.46. The summed E-state index contributed by atoms with van der Waals surface area (Å²) < 4.78 is 0. The lowest BCUT2D eigenvalue weighted by molar-refractivity contribution is -0.168. The summed E-state index contributed by atoms with van der Waals surface area (Å²) in [5, 5.41) is 3.75. The largest absolute Gasteiger partial charge is 0.326 e. The Kier molecular flexibility index (Phi) is 5.22. The first kappa shape index (κ1) is 17.6. The molecule has 1 saturated heterocycles. The van der Waals surface area contributed by atoms with Crippen molar-refractivity contribution in [3.05, 3.63) is 35.9 Å². The van der Waals surface area contributed by atoms with Gasteiger partial charge in [0.1, 0.15) is 5.78 Å². The molecule has 1 aliphatic rings. The molecule has 1 amide bonds. The normalized spacial score (nSPS) is 23.4. The van der Waals surface area contributed by atoms with Crippen LogP contribution < -0.4 is 5.73 Å². The zero-order valence-electron chi connectivity index (χ0n) is 14.5. The van der Waals surface area contributed by atoms with Gasteiger partial charge in [-0.3, -0.25) is 14.6 Å². The third kappa shape index (κ3) is 4.18. The number of ketones is 1. The molecule has 2 unspecified atom stereocenters. The summed E-state index contributed by atoms with van der Waals surface area (Å²) in [6.45, 7) is 8.03. The van der Waals surface area contributed by atoms with Crippen LogP contribution >= 0.6 is 0 Å². The van der Waals surface area contributed by atoms with Gasteiger partial charge in [0.2, 0.25) is 5.91 Å². The zero-order valence-corrected chi connectivity index (χ0v) is 14.5. The molecule has 0 aliphatic carbocycles. The number of hydrazine groups is 1. The van der Waals surface area contributed by atoms with Crippen LogP contribution in [0.3, 0.4) is 0 Å². The second kappa shape index (κ2) is 6.81.